The van der Waals surface area contributed by atoms with Gasteiger partial charge in [0, 0.05) is 63.0 Å². The van der Waals surface area contributed by atoms with E-state index in [0.717, 1.165) is 51.6 Å². The zero-order valence-electron chi connectivity index (χ0n) is 63.3. The van der Waals surface area contributed by atoms with Gasteiger partial charge in [0.25, 0.3) is 11.8 Å². The highest BCUT2D eigenvalue weighted by Crippen LogP contribution is 2.36. The number of benzene rings is 1. The Labute approximate surface area is 599 Å². The van der Waals surface area contributed by atoms with Gasteiger partial charge in [0.1, 0.15) is 12.1 Å². The van der Waals surface area contributed by atoms with E-state index in [4.69, 9.17) is 24.1 Å². The lowest BCUT2D eigenvalue weighted by Gasteiger charge is -2.34. The average Bonchev–Trinajstić information content (AvgIpc) is 1.74. The molecule has 1 aromatic rings. The third kappa shape index (κ3) is 47.1. The summed E-state index contributed by atoms with van der Waals surface area (Å²) in [6.45, 7) is 16.4. The van der Waals surface area contributed by atoms with Gasteiger partial charge in [-0.3, -0.25) is 19.2 Å². The first-order valence-corrected chi connectivity index (χ1v) is 39.6. The Kier molecular flexibility index (Phi) is 51.6. The lowest BCUT2D eigenvalue weighted by Crippen LogP contribution is -2.51. The molecular formula is C79H142N6O14. The number of carboxylic acids is 3. The van der Waals surface area contributed by atoms with Crippen molar-refractivity contribution in [3.8, 4) is 0 Å². The molecule has 4 atom stereocenters. The minimum atomic E-state index is -1.51. The molecule has 1 aromatic carbocycles. The van der Waals surface area contributed by atoms with Crippen LogP contribution in [0.1, 0.15) is 351 Å². The van der Waals surface area contributed by atoms with E-state index >= 15 is 0 Å². The van der Waals surface area contributed by atoms with Crippen molar-refractivity contribution >= 4 is 41.7 Å². The molecule has 1 heterocycles. The molecule has 572 valence electrons. The summed E-state index contributed by atoms with van der Waals surface area (Å²) in [6, 6.07) is 2.19. The van der Waals surface area contributed by atoms with Gasteiger partial charge in [0.15, 0.2) is 5.79 Å². The van der Waals surface area contributed by atoms with E-state index in [2.05, 4.69) is 52.4 Å². The highest BCUT2D eigenvalue weighted by atomic mass is 16.7. The molecule has 1 aliphatic rings. The van der Waals surface area contributed by atoms with Gasteiger partial charge in [-0.15, -0.1) is 0 Å². The van der Waals surface area contributed by atoms with Crippen molar-refractivity contribution in [2.45, 2.75) is 366 Å². The van der Waals surface area contributed by atoms with E-state index in [0.29, 0.717) is 50.0 Å². The van der Waals surface area contributed by atoms with Crippen molar-refractivity contribution in [1.29, 1.82) is 0 Å². The Morgan fingerprint density at radius 2 is 0.960 bits per heavy atom. The normalized spacial score (nSPS) is 14.9. The third-order valence-electron chi connectivity index (χ3n) is 19.5. The minimum Gasteiger partial charge on any atom is -0.481 e. The maximum atomic E-state index is 13.0. The number of nitrogens with zero attached hydrogens (tertiary/aromatic N) is 1. The zero-order valence-corrected chi connectivity index (χ0v) is 63.3. The van der Waals surface area contributed by atoms with Crippen molar-refractivity contribution in [1.82, 2.24) is 31.5 Å². The number of rotatable bonds is 67. The molecule has 0 aliphatic carbocycles. The molecule has 5 amide bonds. The molecular weight excluding hydrogens is 1260 g/mol. The second kappa shape index (κ2) is 56.6. The van der Waals surface area contributed by atoms with Gasteiger partial charge in [0.2, 0.25) is 5.91 Å². The number of carbonyl (C=O) groups excluding carboxylic acids is 4. The lowest BCUT2D eigenvalue weighted by molar-refractivity contribution is -0.180. The van der Waals surface area contributed by atoms with Crippen LogP contribution >= 0.6 is 0 Å². The van der Waals surface area contributed by atoms with Crippen LogP contribution in [0.5, 0.6) is 0 Å². The molecule has 1 aliphatic heterocycles. The summed E-state index contributed by atoms with van der Waals surface area (Å²) in [5, 5.41) is 40.6. The van der Waals surface area contributed by atoms with Gasteiger partial charge in [-0.2, -0.15) is 0 Å². The predicted molar refractivity (Wildman–Crippen MR) is 396 cm³/mol. The number of hydrogen-bond donors (Lipinski definition) is 8. The standard InChI is InChI=1S/C79H142N6O14/c1-8-11-13-15-17-19-21-23-25-27-29-31-33-35-37-42-55-79(56-43-38-36-34-32-30-28-26-24-22-20-18-16-14-12-9-2)97-62-67(99-79)54-60-85(7)59-45-39-40-47-70(86)82-63-78(6,10-3)98-64-77(4,5)96-61-58-81-73(90)66-50-48-65(49-51-66)72(89)80-57-44-41-46-68(74(91)92)83-76(95)84-69(75(93)94)52-53-71(87)88/h48-51,67-69H,8-47,52-64H2,1-7H3,(H,80,89)(H,81,90)(H,82,86)(H,87,88)(H,91,92)(H,93,94)(H2,83,84,95)/t67?,68-,69-,78?/m0/s1. The number of nitrogens with one attached hydrogen (secondary N) is 5. The summed E-state index contributed by atoms with van der Waals surface area (Å²) in [5.41, 5.74) is -0.628. The predicted octanol–water partition coefficient (Wildman–Crippen LogP) is 16.8. The first-order chi connectivity index (χ1) is 47.7. The zero-order chi connectivity index (χ0) is 72.7. The summed E-state index contributed by atoms with van der Waals surface area (Å²) >= 11 is 0. The van der Waals surface area contributed by atoms with Gasteiger partial charge >= 0.3 is 23.9 Å². The van der Waals surface area contributed by atoms with Gasteiger partial charge in [0.05, 0.1) is 37.1 Å². The first-order valence-electron chi connectivity index (χ1n) is 39.6. The van der Waals surface area contributed by atoms with Crippen LogP contribution in [0.15, 0.2) is 24.3 Å². The number of carboxylic acid groups (broad SMARTS) is 3. The second-order valence-corrected chi connectivity index (χ2v) is 29.4. The van der Waals surface area contributed by atoms with E-state index in [1.807, 2.05) is 27.7 Å². The summed E-state index contributed by atoms with van der Waals surface area (Å²) in [4.78, 5) is 87.4. The molecule has 20 heteroatoms. The fourth-order valence-electron chi connectivity index (χ4n) is 12.7. The number of unbranched alkanes of at least 4 members (excludes halogenated alkanes) is 33. The van der Waals surface area contributed by atoms with Gasteiger partial charge in [-0.05, 0) is 123 Å². The number of amides is 5. The van der Waals surface area contributed by atoms with E-state index < -0.39 is 65.3 Å². The van der Waals surface area contributed by atoms with Crippen LogP contribution in [0, 0.1) is 0 Å². The SMILES string of the molecule is CCCCCCCCCCCCCCCCCCC1(CCCCCCCCCCCCCCCCCC)OCC(CCN(C)CCCCCC(=O)NCC(C)(CC)OCC(C)(C)OCCNC(=O)c2ccc(C(=O)NCCCC[C@H](NC(=O)N[C@@H](CCC(=O)O)C(=O)O)C(=O)O)cc2)O1. The molecule has 2 rings (SSSR count). The molecule has 99 heavy (non-hydrogen) atoms. The Hall–Kier alpha value is -4.89. The van der Waals surface area contributed by atoms with Crippen LogP contribution in [-0.2, 0) is 38.1 Å². The van der Waals surface area contributed by atoms with Crippen LogP contribution in [0.3, 0.4) is 0 Å². The fourth-order valence-corrected chi connectivity index (χ4v) is 12.7. The summed E-state index contributed by atoms with van der Waals surface area (Å²) < 4.78 is 26.1. The molecule has 0 spiro atoms. The summed E-state index contributed by atoms with van der Waals surface area (Å²) in [5.74, 6) is -5.19. The van der Waals surface area contributed by atoms with E-state index in [9.17, 15) is 43.8 Å². The van der Waals surface area contributed by atoms with Gasteiger partial charge in [-0.25, -0.2) is 14.4 Å². The molecule has 0 radical (unpaired) electrons. The molecule has 0 aromatic heterocycles. The van der Waals surface area contributed by atoms with Crippen molar-refractivity contribution in [3.63, 3.8) is 0 Å². The maximum absolute atomic E-state index is 13.0. The first kappa shape index (κ1) is 90.2. The number of carbonyl (C=O) groups is 7. The highest BCUT2D eigenvalue weighted by molar-refractivity contribution is 5.97. The maximum Gasteiger partial charge on any atom is 0.326 e. The quantitative estimate of drug-likeness (QED) is 0.0282. The molecule has 1 fully saturated rings. The topological polar surface area (TPSA) is 280 Å². The van der Waals surface area contributed by atoms with Crippen molar-refractivity contribution in [3.05, 3.63) is 35.4 Å². The molecule has 0 bridgehead atoms. The Balaban J connectivity index is 1.66. The molecule has 8 N–H and O–H groups in total. The summed E-state index contributed by atoms with van der Waals surface area (Å²) in [6.07, 6.45) is 50.7. The fraction of sp³-hybridized carbons (Fsp3) is 0.835. The van der Waals surface area contributed by atoms with Crippen LogP contribution in [0.4, 0.5) is 4.79 Å². The largest absolute Gasteiger partial charge is 0.481 e. The number of aliphatic carboxylic acids is 3. The minimum absolute atomic E-state index is 0.0141. The van der Waals surface area contributed by atoms with Crippen LogP contribution in [-0.4, -0.2) is 157 Å². The Morgan fingerprint density at radius 1 is 0.525 bits per heavy atom. The third-order valence-corrected chi connectivity index (χ3v) is 19.5. The van der Waals surface area contributed by atoms with Crippen molar-refractivity contribution in [2.24, 2.45) is 0 Å². The van der Waals surface area contributed by atoms with E-state index in [-0.39, 0.29) is 57.1 Å². The molecule has 0 saturated carbocycles. The van der Waals surface area contributed by atoms with Crippen LogP contribution < -0.4 is 26.6 Å². The van der Waals surface area contributed by atoms with Gasteiger partial charge < -0.3 is 65.8 Å². The monoisotopic (exact) mass is 1400 g/mol. The van der Waals surface area contributed by atoms with Crippen molar-refractivity contribution < 1.29 is 67.8 Å². The second-order valence-electron chi connectivity index (χ2n) is 29.4. The number of urea groups is 1. The van der Waals surface area contributed by atoms with E-state index in [1.165, 1.54) is 230 Å². The molecule has 1 saturated heterocycles. The number of hydrogen-bond acceptors (Lipinski definition) is 12. The number of ether oxygens (including phenoxy) is 4. The average molecular weight is 1400 g/mol. The lowest BCUT2D eigenvalue weighted by atomic mass is 9.98. The summed E-state index contributed by atoms with van der Waals surface area (Å²) in [7, 11) is 2.20. The van der Waals surface area contributed by atoms with Gasteiger partial charge in [-0.1, -0.05) is 220 Å². The Bertz CT molecular complexity index is 2250. The molecule has 2 unspecified atom stereocenters. The van der Waals surface area contributed by atoms with Crippen LogP contribution in [0.2, 0.25) is 0 Å². The van der Waals surface area contributed by atoms with Crippen LogP contribution in [0.25, 0.3) is 0 Å². The Morgan fingerprint density at radius 3 is 1.40 bits per heavy atom. The molecule has 20 nitrogen and oxygen atoms in total. The smallest absolute Gasteiger partial charge is 0.326 e. The highest BCUT2D eigenvalue weighted by Gasteiger charge is 2.40. The van der Waals surface area contributed by atoms with E-state index in [1.54, 1.807) is 0 Å². The van der Waals surface area contributed by atoms with Crippen molar-refractivity contribution in [2.75, 3.05) is 59.6 Å².